The van der Waals surface area contributed by atoms with Crippen molar-refractivity contribution in [2.24, 2.45) is 4.99 Å². The van der Waals surface area contributed by atoms with Crippen LogP contribution in [0.1, 0.15) is 24.1 Å². The van der Waals surface area contributed by atoms with Crippen molar-refractivity contribution in [3.8, 4) is 0 Å². The average Bonchev–Trinajstić information content (AvgIpc) is 2.87. The van der Waals surface area contributed by atoms with Gasteiger partial charge in [0.1, 0.15) is 0 Å². The third-order valence-electron chi connectivity index (χ3n) is 3.13. The summed E-state index contributed by atoms with van der Waals surface area (Å²) in [4.78, 5) is 6.98. The van der Waals surface area contributed by atoms with Crippen LogP contribution in [0.25, 0.3) is 0 Å². The summed E-state index contributed by atoms with van der Waals surface area (Å²) in [6, 6.07) is 9.21. The molecule has 0 radical (unpaired) electrons. The Kier molecular flexibility index (Phi) is 2.20. The molecule has 0 amide bonds. The highest BCUT2D eigenvalue weighted by Crippen LogP contribution is 2.36. The molecule has 0 fully saturated rings. The molecule has 1 aromatic rings. The zero-order chi connectivity index (χ0) is 10.3. The number of rotatable bonds is 0. The van der Waals surface area contributed by atoms with Crippen molar-refractivity contribution < 1.29 is 0 Å². The van der Waals surface area contributed by atoms with E-state index < -0.39 is 0 Å². The predicted octanol–water partition coefficient (Wildman–Crippen LogP) is 2.67. The molecule has 3 rings (SSSR count). The summed E-state index contributed by atoms with van der Waals surface area (Å²) in [6.07, 6.45) is 0. The highest BCUT2D eigenvalue weighted by Gasteiger charge is 2.29. The lowest BCUT2D eigenvalue weighted by atomic mass is 10.1. The van der Waals surface area contributed by atoms with E-state index in [1.165, 1.54) is 16.3 Å². The van der Waals surface area contributed by atoms with Crippen molar-refractivity contribution in [1.29, 1.82) is 0 Å². The van der Waals surface area contributed by atoms with Crippen molar-refractivity contribution in [2.75, 3.05) is 12.3 Å². The Hall–Kier alpha value is -0.960. The third-order valence-corrected chi connectivity index (χ3v) is 4.14. The first-order chi connectivity index (χ1) is 7.36. The minimum absolute atomic E-state index is 0.491. The number of fused-ring (bicyclic) bond motifs is 1. The Bertz CT molecular complexity index is 414. The van der Waals surface area contributed by atoms with E-state index in [1.807, 2.05) is 11.8 Å². The van der Waals surface area contributed by atoms with Gasteiger partial charge in [-0.25, -0.2) is 0 Å². The van der Waals surface area contributed by atoms with Crippen molar-refractivity contribution in [3.05, 3.63) is 35.4 Å². The van der Waals surface area contributed by atoms with E-state index in [1.54, 1.807) is 0 Å². The summed E-state index contributed by atoms with van der Waals surface area (Å²) in [5, 5.41) is 1.23. The molecule has 0 saturated heterocycles. The van der Waals surface area contributed by atoms with Gasteiger partial charge in [-0.1, -0.05) is 36.0 Å². The lowest BCUT2D eigenvalue weighted by Crippen LogP contribution is -2.24. The van der Waals surface area contributed by atoms with Crippen LogP contribution in [-0.4, -0.2) is 22.4 Å². The number of benzene rings is 1. The topological polar surface area (TPSA) is 15.6 Å². The molecule has 15 heavy (non-hydrogen) atoms. The van der Waals surface area contributed by atoms with Crippen LogP contribution in [0.3, 0.4) is 0 Å². The van der Waals surface area contributed by atoms with Gasteiger partial charge in [0.05, 0.1) is 12.6 Å². The molecule has 0 saturated carbocycles. The standard InChI is InChI=1S/C12H14N2S/c1-9-11-5-3-2-4-10(11)8-14(9)12-13-6-7-15-12/h2-5,9H,6-8H2,1H3. The van der Waals surface area contributed by atoms with E-state index in [-0.39, 0.29) is 0 Å². The quantitative estimate of drug-likeness (QED) is 0.665. The molecular weight excluding hydrogens is 204 g/mol. The van der Waals surface area contributed by atoms with Gasteiger partial charge in [0.25, 0.3) is 0 Å². The molecule has 3 heteroatoms. The minimum atomic E-state index is 0.491. The maximum atomic E-state index is 4.56. The lowest BCUT2D eigenvalue weighted by Gasteiger charge is -2.22. The molecular formula is C12H14N2S. The first kappa shape index (κ1) is 9.28. The van der Waals surface area contributed by atoms with Gasteiger partial charge < -0.3 is 4.90 Å². The van der Waals surface area contributed by atoms with Gasteiger partial charge in [-0.2, -0.15) is 0 Å². The first-order valence-electron chi connectivity index (χ1n) is 5.38. The Morgan fingerprint density at radius 2 is 2.27 bits per heavy atom. The number of amidine groups is 1. The van der Waals surface area contributed by atoms with E-state index in [4.69, 9.17) is 0 Å². The fourth-order valence-corrected chi connectivity index (χ4v) is 3.24. The van der Waals surface area contributed by atoms with Gasteiger partial charge in [0.2, 0.25) is 0 Å². The molecule has 78 valence electrons. The number of hydrogen-bond donors (Lipinski definition) is 0. The van der Waals surface area contributed by atoms with Gasteiger partial charge in [0.15, 0.2) is 5.17 Å². The molecule has 2 aliphatic heterocycles. The van der Waals surface area contributed by atoms with Gasteiger partial charge >= 0.3 is 0 Å². The van der Waals surface area contributed by atoms with E-state index >= 15 is 0 Å². The van der Waals surface area contributed by atoms with Crippen molar-refractivity contribution in [1.82, 2.24) is 4.90 Å². The second-order valence-corrected chi connectivity index (χ2v) is 5.08. The van der Waals surface area contributed by atoms with Gasteiger partial charge in [-0.15, -0.1) is 0 Å². The molecule has 0 bridgehead atoms. The van der Waals surface area contributed by atoms with Crippen LogP contribution in [0, 0.1) is 0 Å². The maximum absolute atomic E-state index is 4.56. The predicted molar refractivity (Wildman–Crippen MR) is 65.2 cm³/mol. The van der Waals surface area contributed by atoms with Gasteiger partial charge in [0, 0.05) is 12.3 Å². The van der Waals surface area contributed by atoms with E-state index in [9.17, 15) is 0 Å². The second-order valence-electron chi connectivity index (χ2n) is 4.02. The fraction of sp³-hybridized carbons (Fsp3) is 0.417. The molecule has 1 atom stereocenters. The van der Waals surface area contributed by atoms with Crippen molar-refractivity contribution in [3.63, 3.8) is 0 Å². The number of nitrogens with zero attached hydrogens (tertiary/aromatic N) is 2. The molecule has 2 aliphatic rings. The highest BCUT2D eigenvalue weighted by atomic mass is 32.2. The largest absolute Gasteiger partial charge is 0.340 e. The lowest BCUT2D eigenvalue weighted by molar-refractivity contribution is 0.375. The molecule has 0 aromatic heterocycles. The van der Waals surface area contributed by atoms with Crippen LogP contribution in [0.4, 0.5) is 0 Å². The van der Waals surface area contributed by atoms with E-state index in [0.717, 1.165) is 18.8 Å². The summed E-state index contributed by atoms with van der Waals surface area (Å²) in [7, 11) is 0. The molecule has 0 spiro atoms. The normalized spacial score (nSPS) is 24.2. The SMILES string of the molecule is CC1c2ccccc2CN1C1=NCCS1. The average molecular weight is 218 g/mol. The number of hydrogen-bond acceptors (Lipinski definition) is 3. The van der Waals surface area contributed by atoms with Crippen molar-refractivity contribution >= 4 is 16.9 Å². The first-order valence-corrected chi connectivity index (χ1v) is 6.36. The number of thioether (sulfide) groups is 1. The number of aliphatic imine (C=N–C) groups is 1. The van der Waals surface area contributed by atoms with Crippen LogP contribution >= 0.6 is 11.8 Å². The summed E-state index contributed by atoms with van der Waals surface area (Å²) in [5.41, 5.74) is 2.92. The van der Waals surface area contributed by atoms with Gasteiger partial charge in [-0.05, 0) is 18.1 Å². The van der Waals surface area contributed by atoms with E-state index in [0.29, 0.717) is 6.04 Å². The molecule has 0 N–H and O–H groups in total. The molecule has 2 nitrogen and oxygen atoms in total. The minimum Gasteiger partial charge on any atom is -0.340 e. The zero-order valence-corrected chi connectivity index (χ0v) is 9.63. The summed E-state index contributed by atoms with van der Waals surface area (Å²) in [5.74, 6) is 1.15. The van der Waals surface area contributed by atoms with Crippen LogP contribution < -0.4 is 0 Å². The van der Waals surface area contributed by atoms with Crippen LogP contribution in [0.15, 0.2) is 29.3 Å². The summed E-state index contributed by atoms with van der Waals surface area (Å²) in [6.45, 7) is 4.29. The van der Waals surface area contributed by atoms with Crippen molar-refractivity contribution in [2.45, 2.75) is 19.5 Å². The molecule has 0 aliphatic carbocycles. The Labute approximate surface area is 94.4 Å². The smallest absolute Gasteiger partial charge is 0.160 e. The molecule has 1 aromatic carbocycles. The maximum Gasteiger partial charge on any atom is 0.160 e. The monoisotopic (exact) mass is 218 g/mol. The fourth-order valence-electron chi connectivity index (χ4n) is 2.30. The summed E-state index contributed by atoms with van der Waals surface area (Å²) < 4.78 is 0. The Morgan fingerprint density at radius 1 is 1.40 bits per heavy atom. The third kappa shape index (κ3) is 1.46. The molecule has 1 unspecified atom stereocenters. The van der Waals surface area contributed by atoms with Gasteiger partial charge in [-0.3, -0.25) is 4.99 Å². The Morgan fingerprint density at radius 3 is 3.00 bits per heavy atom. The Balaban J connectivity index is 1.92. The van der Waals surface area contributed by atoms with Crippen LogP contribution in [0.2, 0.25) is 0 Å². The molecule has 2 heterocycles. The highest BCUT2D eigenvalue weighted by molar-refractivity contribution is 8.14. The summed E-state index contributed by atoms with van der Waals surface area (Å²) >= 11 is 1.89. The van der Waals surface area contributed by atoms with Crippen LogP contribution in [-0.2, 0) is 6.54 Å². The second kappa shape index (κ2) is 3.56. The van der Waals surface area contributed by atoms with E-state index in [2.05, 4.69) is 41.1 Å². The zero-order valence-electron chi connectivity index (χ0n) is 8.81. The van der Waals surface area contributed by atoms with Crippen LogP contribution in [0.5, 0.6) is 0 Å².